The zero-order chi connectivity index (χ0) is 14.0. The highest BCUT2D eigenvalue weighted by Gasteiger charge is 2.15. The van der Waals surface area contributed by atoms with Gasteiger partial charge in [0.2, 0.25) is 0 Å². The molecule has 1 unspecified atom stereocenters. The van der Waals surface area contributed by atoms with E-state index in [0.29, 0.717) is 6.10 Å². The Bertz CT molecular complexity index is 391. The first-order valence-electron chi connectivity index (χ1n) is 6.97. The number of rotatable bonds is 7. The number of guanidine groups is 1. The zero-order valence-electron chi connectivity index (χ0n) is 11.8. The van der Waals surface area contributed by atoms with Crippen LogP contribution in [0.5, 0.6) is 0 Å². The highest BCUT2D eigenvalue weighted by atomic mass is 32.2. The maximum Gasteiger partial charge on any atom is 0.191 e. The average molecular weight is 314 g/mol. The van der Waals surface area contributed by atoms with Gasteiger partial charge in [-0.2, -0.15) is 0 Å². The van der Waals surface area contributed by atoms with Gasteiger partial charge in [0.1, 0.15) is 4.34 Å². The molecule has 1 fully saturated rings. The molecule has 0 aromatic carbocycles. The van der Waals surface area contributed by atoms with E-state index >= 15 is 0 Å². The van der Waals surface area contributed by atoms with Crippen LogP contribution in [0.4, 0.5) is 0 Å². The van der Waals surface area contributed by atoms with Gasteiger partial charge in [0.15, 0.2) is 5.96 Å². The van der Waals surface area contributed by atoms with Gasteiger partial charge in [-0.3, -0.25) is 4.99 Å². The van der Waals surface area contributed by atoms with Crippen molar-refractivity contribution < 1.29 is 4.74 Å². The fourth-order valence-corrected chi connectivity index (χ4v) is 3.60. The molecule has 0 bridgehead atoms. The van der Waals surface area contributed by atoms with Gasteiger partial charge >= 0.3 is 0 Å². The van der Waals surface area contributed by atoms with Gasteiger partial charge in [0, 0.05) is 44.1 Å². The molecule has 2 heterocycles. The summed E-state index contributed by atoms with van der Waals surface area (Å²) in [7, 11) is 1.80. The van der Waals surface area contributed by atoms with Gasteiger partial charge in [0.25, 0.3) is 0 Å². The lowest BCUT2D eigenvalue weighted by Gasteiger charge is -2.14. The quantitative estimate of drug-likeness (QED) is 0.349. The van der Waals surface area contributed by atoms with Crippen LogP contribution in [0.25, 0.3) is 0 Å². The Morgan fingerprint density at radius 1 is 1.60 bits per heavy atom. The summed E-state index contributed by atoms with van der Waals surface area (Å²) >= 11 is 3.50. The van der Waals surface area contributed by atoms with Crippen LogP contribution in [-0.2, 0) is 4.74 Å². The summed E-state index contributed by atoms with van der Waals surface area (Å²) in [6.45, 7) is 2.66. The van der Waals surface area contributed by atoms with Gasteiger partial charge in [-0.05, 0) is 19.3 Å². The van der Waals surface area contributed by atoms with Crippen LogP contribution in [0.3, 0.4) is 0 Å². The second-order valence-electron chi connectivity index (χ2n) is 4.51. The van der Waals surface area contributed by atoms with Crippen molar-refractivity contribution in [1.82, 2.24) is 15.6 Å². The Hall–Kier alpha value is -0.790. The molecule has 20 heavy (non-hydrogen) atoms. The summed E-state index contributed by atoms with van der Waals surface area (Å²) in [6, 6.07) is 0. The summed E-state index contributed by atoms with van der Waals surface area (Å²) in [5.41, 5.74) is 0. The number of nitrogens with one attached hydrogen (secondary N) is 2. The summed E-state index contributed by atoms with van der Waals surface area (Å²) in [5.74, 6) is 1.93. The van der Waals surface area contributed by atoms with Crippen LogP contribution in [-0.4, -0.2) is 49.5 Å². The largest absolute Gasteiger partial charge is 0.376 e. The number of thiazole rings is 1. The third-order valence-corrected chi connectivity index (χ3v) is 5.05. The molecule has 1 saturated heterocycles. The van der Waals surface area contributed by atoms with Crippen molar-refractivity contribution in [2.45, 2.75) is 29.7 Å². The molecule has 0 saturated carbocycles. The molecule has 0 aliphatic carbocycles. The Morgan fingerprint density at radius 2 is 2.55 bits per heavy atom. The molecule has 2 rings (SSSR count). The van der Waals surface area contributed by atoms with Crippen LogP contribution in [0.15, 0.2) is 20.9 Å². The van der Waals surface area contributed by atoms with E-state index in [9.17, 15) is 0 Å². The van der Waals surface area contributed by atoms with E-state index in [4.69, 9.17) is 4.74 Å². The van der Waals surface area contributed by atoms with Crippen LogP contribution >= 0.6 is 23.1 Å². The van der Waals surface area contributed by atoms with Gasteiger partial charge in [0.05, 0.1) is 6.10 Å². The highest BCUT2D eigenvalue weighted by molar-refractivity contribution is 8.00. The fourth-order valence-electron chi connectivity index (χ4n) is 1.96. The highest BCUT2D eigenvalue weighted by Crippen LogP contribution is 2.20. The van der Waals surface area contributed by atoms with Crippen molar-refractivity contribution in [3.63, 3.8) is 0 Å². The van der Waals surface area contributed by atoms with Crippen molar-refractivity contribution >= 4 is 29.1 Å². The van der Waals surface area contributed by atoms with Crippen LogP contribution in [0, 0.1) is 0 Å². The number of thioether (sulfide) groups is 1. The number of ether oxygens (including phenoxy) is 1. The first kappa shape index (κ1) is 15.6. The minimum atomic E-state index is 0.342. The Labute approximate surface area is 128 Å². The minimum absolute atomic E-state index is 0.342. The van der Waals surface area contributed by atoms with Crippen molar-refractivity contribution in [3.8, 4) is 0 Å². The lowest BCUT2D eigenvalue weighted by atomic mass is 10.2. The first-order chi connectivity index (χ1) is 9.88. The maximum absolute atomic E-state index is 5.58. The van der Waals surface area contributed by atoms with Crippen LogP contribution in [0.1, 0.15) is 19.3 Å². The summed E-state index contributed by atoms with van der Waals surface area (Å²) < 4.78 is 6.72. The van der Waals surface area contributed by atoms with Crippen molar-refractivity contribution in [2.75, 3.05) is 32.5 Å². The molecule has 2 N–H and O–H groups in total. The van der Waals surface area contributed by atoms with E-state index in [2.05, 4.69) is 20.6 Å². The van der Waals surface area contributed by atoms with E-state index in [-0.39, 0.29) is 0 Å². The predicted molar refractivity (Wildman–Crippen MR) is 85.8 cm³/mol. The number of aliphatic imine (C=N–C) groups is 1. The summed E-state index contributed by atoms with van der Waals surface area (Å²) in [6.07, 6.45) is 5.60. The van der Waals surface area contributed by atoms with E-state index in [1.54, 1.807) is 18.4 Å². The third kappa shape index (κ3) is 5.68. The lowest BCUT2D eigenvalue weighted by molar-refractivity contribution is 0.114. The summed E-state index contributed by atoms with van der Waals surface area (Å²) in [5, 5.41) is 8.65. The second-order valence-corrected chi connectivity index (χ2v) is 6.75. The van der Waals surface area contributed by atoms with E-state index in [1.165, 1.54) is 6.42 Å². The molecule has 1 aromatic heterocycles. The van der Waals surface area contributed by atoms with Crippen molar-refractivity contribution in [3.05, 3.63) is 11.6 Å². The molecule has 7 heteroatoms. The van der Waals surface area contributed by atoms with Gasteiger partial charge in [-0.25, -0.2) is 4.98 Å². The number of nitrogens with zero attached hydrogens (tertiary/aromatic N) is 2. The molecular formula is C13H22N4OS2. The van der Waals surface area contributed by atoms with Gasteiger partial charge in [-0.15, -0.1) is 11.3 Å². The standard InChI is InChI=1S/C13H22N4OS2/c1-14-12(17-10-11-4-2-7-18-11)15-5-3-8-19-13-16-6-9-20-13/h6,9,11H,2-5,7-8,10H2,1H3,(H2,14,15,17). The molecule has 5 nitrogen and oxygen atoms in total. The van der Waals surface area contributed by atoms with Crippen LogP contribution in [0.2, 0.25) is 0 Å². The fraction of sp³-hybridized carbons (Fsp3) is 0.692. The van der Waals surface area contributed by atoms with Crippen molar-refractivity contribution in [1.29, 1.82) is 0 Å². The van der Waals surface area contributed by atoms with E-state index < -0.39 is 0 Å². The van der Waals surface area contributed by atoms with E-state index in [1.807, 2.05) is 23.3 Å². The number of hydrogen-bond acceptors (Lipinski definition) is 5. The van der Waals surface area contributed by atoms with Crippen molar-refractivity contribution in [2.24, 2.45) is 4.99 Å². The van der Waals surface area contributed by atoms with E-state index in [0.717, 1.165) is 48.6 Å². The Balaban J connectivity index is 1.52. The normalized spacial score (nSPS) is 19.2. The maximum atomic E-state index is 5.58. The first-order valence-corrected chi connectivity index (χ1v) is 8.83. The SMILES string of the molecule is CN=C(NCCCSc1nccs1)NCC1CCCO1. The smallest absolute Gasteiger partial charge is 0.191 e. The molecule has 112 valence electrons. The average Bonchev–Trinajstić information content (AvgIpc) is 3.14. The monoisotopic (exact) mass is 314 g/mol. The second kappa shape index (κ2) is 9.20. The molecule has 0 radical (unpaired) electrons. The third-order valence-electron chi connectivity index (χ3n) is 2.99. The topological polar surface area (TPSA) is 58.5 Å². The van der Waals surface area contributed by atoms with Gasteiger partial charge < -0.3 is 15.4 Å². The molecule has 1 atom stereocenters. The molecule has 0 amide bonds. The molecular weight excluding hydrogens is 292 g/mol. The predicted octanol–water partition coefficient (Wildman–Crippen LogP) is 1.97. The number of hydrogen-bond donors (Lipinski definition) is 2. The molecule has 1 aromatic rings. The molecule has 1 aliphatic rings. The molecule has 0 spiro atoms. The summed E-state index contributed by atoms with van der Waals surface area (Å²) in [4.78, 5) is 8.47. The zero-order valence-corrected chi connectivity index (χ0v) is 13.4. The Morgan fingerprint density at radius 3 is 3.25 bits per heavy atom. The molecule has 1 aliphatic heterocycles. The minimum Gasteiger partial charge on any atom is -0.376 e. The number of aromatic nitrogens is 1. The lowest BCUT2D eigenvalue weighted by Crippen LogP contribution is -2.41. The van der Waals surface area contributed by atoms with Crippen LogP contribution < -0.4 is 10.6 Å². The van der Waals surface area contributed by atoms with Gasteiger partial charge in [-0.1, -0.05) is 11.8 Å². The Kier molecular flexibility index (Phi) is 7.18.